The average Bonchev–Trinajstić information content (AvgIpc) is 2.83. The number of hydrogen-bond donors (Lipinski definition) is 2. The summed E-state index contributed by atoms with van der Waals surface area (Å²) in [6.45, 7) is 5.19. The van der Waals surface area contributed by atoms with Crippen molar-refractivity contribution in [3.63, 3.8) is 0 Å². The number of nitrogens with one attached hydrogen (secondary N) is 2. The second-order valence-electron chi connectivity index (χ2n) is 6.48. The summed E-state index contributed by atoms with van der Waals surface area (Å²) in [5, 5.41) is 5.12. The standard InChI is InChI=1S/C18H24N2O4/c1-12(2)11-24-8-7-16(21)19-15-5-3-13(4-6-15)9-14-10-17(22)20-18(14)23/h3-6,12,14H,7-11H2,1-2H3,(H,19,21)(H,20,22,23)/t14-/m1/s1. The smallest absolute Gasteiger partial charge is 0.230 e. The van der Waals surface area contributed by atoms with Crippen molar-refractivity contribution < 1.29 is 19.1 Å². The number of imide groups is 1. The molecule has 6 heteroatoms. The lowest BCUT2D eigenvalue weighted by atomic mass is 9.98. The van der Waals surface area contributed by atoms with Gasteiger partial charge < -0.3 is 10.1 Å². The van der Waals surface area contributed by atoms with Crippen LogP contribution in [0.1, 0.15) is 32.3 Å². The number of hydrogen-bond acceptors (Lipinski definition) is 4. The lowest BCUT2D eigenvalue weighted by Gasteiger charge is -2.09. The van der Waals surface area contributed by atoms with Crippen LogP contribution >= 0.6 is 0 Å². The van der Waals surface area contributed by atoms with Gasteiger partial charge in [-0.05, 0) is 30.0 Å². The highest BCUT2D eigenvalue weighted by Crippen LogP contribution is 2.19. The molecule has 0 radical (unpaired) electrons. The molecule has 2 N–H and O–H groups in total. The van der Waals surface area contributed by atoms with Crippen LogP contribution in [0.3, 0.4) is 0 Å². The van der Waals surface area contributed by atoms with Crippen LogP contribution in [0.2, 0.25) is 0 Å². The van der Waals surface area contributed by atoms with Crippen molar-refractivity contribution >= 4 is 23.4 Å². The summed E-state index contributed by atoms with van der Waals surface area (Å²) in [7, 11) is 0. The first kappa shape index (κ1) is 18.1. The number of rotatable bonds is 8. The molecule has 0 saturated carbocycles. The SMILES string of the molecule is CC(C)COCCC(=O)Nc1ccc(C[C@@H]2CC(=O)NC2=O)cc1. The molecule has 3 amide bonds. The third kappa shape index (κ3) is 5.77. The van der Waals surface area contributed by atoms with E-state index in [4.69, 9.17) is 4.74 Å². The van der Waals surface area contributed by atoms with Crippen LogP contribution in [0.25, 0.3) is 0 Å². The van der Waals surface area contributed by atoms with Gasteiger partial charge in [0.15, 0.2) is 0 Å². The van der Waals surface area contributed by atoms with Crippen LogP contribution in [-0.2, 0) is 25.5 Å². The highest BCUT2D eigenvalue weighted by molar-refractivity contribution is 6.03. The van der Waals surface area contributed by atoms with E-state index in [9.17, 15) is 14.4 Å². The molecule has 6 nitrogen and oxygen atoms in total. The highest BCUT2D eigenvalue weighted by atomic mass is 16.5. The van der Waals surface area contributed by atoms with Crippen molar-refractivity contribution in [2.24, 2.45) is 11.8 Å². The largest absolute Gasteiger partial charge is 0.381 e. The van der Waals surface area contributed by atoms with Crippen LogP contribution in [0, 0.1) is 11.8 Å². The second kappa shape index (κ2) is 8.59. The molecule has 130 valence electrons. The fourth-order valence-corrected chi connectivity index (χ4v) is 2.49. The molecule has 0 aromatic heterocycles. The van der Waals surface area contributed by atoms with E-state index in [1.165, 1.54) is 0 Å². The van der Waals surface area contributed by atoms with Crippen molar-refractivity contribution in [2.75, 3.05) is 18.5 Å². The summed E-state index contributed by atoms with van der Waals surface area (Å²) in [4.78, 5) is 34.6. The molecule has 1 heterocycles. The van der Waals surface area contributed by atoms with Crippen molar-refractivity contribution in [3.05, 3.63) is 29.8 Å². The van der Waals surface area contributed by atoms with Gasteiger partial charge in [0, 0.05) is 18.7 Å². The van der Waals surface area contributed by atoms with E-state index in [0.29, 0.717) is 37.7 Å². The van der Waals surface area contributed by atoms with Crippen molar-refractivity contribution in [2.45, 2.75) is 33.1 Å². The van der Waals surface area contributed by atoms with Gasteiger partial charge >= 0.3 is 0 Å². The van der Waals surface area contributed by atoms with Crippen LogP contribution in [0.15, 0.2) is 24.3 Å². The number of carbonyl (C=O) groups is 3. The summed E-state index contributed by atoms with van der Waals surface area (Å²) in [5.41, 5.74) is 1.67. The zero-order valence-electron chi connectivity index (χ0n) is 14.1. The summed E-state index contributed by atoms with van der Waals surface area (Å²) in [6.07, 6.45) is 1.08. The van der Waals surface area contributed by atoms with Gasteiger partial charge in [-0.15, -0.1) is 0 Å². The van der Waals surface area contributed by atoms with Crippen molar-refractivity contribution in [1.82, 2.24) is 5.32 Å². The van der Waals surface area contributed by atoms with E-state index in [1.54, 1.807) is 12.1 Å². The molecule has 1 aromatic rings. The van der Waals surface area contributed by atoms with Gasteiger partial charge in [-0.25, -0.2) is 0 Å². The van der Waals surface area contributed by atoms with Gasteiger partial charge in [0.1, 0.15) is 0 Å². The number of amides is 3. The Morgan fingerprint density at radius 3 is 2.58 bits per heavy atom. The minimum Gasteiger partial charge on any atom is -0.381 e. The van der Waals surface area contributed by atoms with Gasteiger partial charge in [-0.2, -0.15) is 0 Å². The fourth-order valence-electron chi connectivity index (χ4n) is 2.49. The summed E-state index contributed by atoms with van der Waals surface area (Å²) in [5.74, 6) is -0.353. The Labute approximate surface area is 142 Å². The Morgan fingerprint density at radius 1 is 1.29 bits per heavy atom. The Bertz CT molecular complexity index is 596. The van der Waals surface area contributed by atoms with Crippen molar-refractivity contribution in [3.8, 4) is 0 Å². The third-order valence-corrected chi connectivity index (χ3v) is 3.71. The second-order valence-corrected chi connectivity index (χ2v) is 6.48. The summed E-state index contributed by atoms with van der Waals surface area (Å²) < 4.78 is 5.39. The van der Waals surface area contributed by atoms with Crippen LogP contribution in [-0.4, -0.2) is 30.9 Å². The minimum absolute atomic E-state index is 0.0905. The number of benzene rings is 1. The van der Waals surface area contributed by atoms with E-state index in [1.807, 2.05) is 12.1 Å². The molecular formula is C18H24N2O4. The number of anilines is 1. The van der Waals surface area contributed by atoms with E-state index in [0.717, 1.165) is 5.56 Å². The predicted octanol–water partition coefficient (Wildman–Crippen LogP) is 1.89. The van der Waals surface area contributed by atoms with Crippen LogP contribution in [0.5, 0.6) is 0 Å². The number of ether oxygens (including phenoxy) is 1. The van der Waals surface area contributed by atoms with Gasteiger partial charge in [0.05, 0.1) is 18.9 Å². The molecule has 1 fully saturated rings. The molecule has 1 saturated heterocycles. The first-order chi connectivity index (χ1) is 11.4. The first-order valence-corrected chi connectivity index (χ1v) is 8.24. The minimum atomic E-state index is -0.295. The number of carbonyl (C=O) groups excluding carboxylic acids is 3. The van der Waals surface area contributed by atoms with Gasteiger partial charge in [-0.3, -0.25) is 19.7 Å². The van der Waals surface area contributed by atoms with Crippen LogP contribution in [0.4, 0.5) is 5.69 Å². The average molecular weight is 332 g/mol. The Hall–Kier alpha value is -2.21. The first-order valence-electron chi connectivity index (χ1n) is 8.24. The molecule has 1 aliphatic heterocycles. The predicted molar refractivity (Wildman–Crippen MR) is 90.3 cm³/mol. The zero-order valence-corrected chi connectivity index (χ0v) is 14.1. The molecule has 0 spiro atoms. The van der Waals surface area contributed by atoms with Gasteiger partial charge in [0.25, 0.3) is 0 Å². The quantitative estimate of drug-likeness (QED) is 0.562. The normalized spacial score (nSPS) is 17.2. The monoisotopic (exact) mass is 332 g/mol. The molecule has 24 heavy (non-hydrogen) atoms. The zero-order chi connectivity index (χ0) is 17.5. The van der Waals surface area contributed by atoms with E-state index >= 15 is 0 Å². The van der Waals surface area contributed by atoms with Gasteiger partial charge in [-0.1, -0.05) is 26.0 Å². The molecule has 0 bridgehead atoms. The molecule has 0 unspecified atom stereocenters. The molecular weight excluding hydrogens is 308 g/mol. The Kier molecular flexibility index (Phi) is 6.49. The summed E-state index contributed by atoms with van der Waals surface area (Å²) >= 11 is 0. The lowest BCUT2D eigenvalue weighted by molar-refractivity contribution is -0.125. The lowest BCUT2D eigenvalue weighted by Crippen LogP contribution is -2.22. The van der Waals surface area contributed by atoms with E-state index < -0.39 is 0 Å². The molecule has 2 rings (SSSR count). The Morgan fingerprint density at radius 2 is 2.00 bits per heavy atom. The molecule has 0 aliphatic carbocycles. The highest BCUT2D eigenvalue weighted by Gasteiger charge is 2.30. The molecule has 1 aliphatic rings. The summed E-state index contributed by atoms with van der Waals surface area (Å²) in [6, 6.07) is 7.33. The maximum absolute atomic E-state index is 11.8. The molecule has 1 atom stereocenters. The van der Waals surface area contributed by atoms with Gasteiger partial charge in [0.2, 0.25) is 17.7 Å². The van der Waals surface area contributed by atoms with Crippen molar-refractivity contribution in [1.29, 1.82) is 0 Å². The molecule has 1 aromatic carbocycles. The van der Waals surface area contributed by atoms with E-state index in [2.05, 4.69) is 24.5 Å². The maximum Gasteiger partial charge on any atom is 0.230 e. The van der Waals surface area contributed by atoms with E-state index in [-0.39, 0.29) is 30.1 Å². The topological polar surface area (TPSA) is 84.5 Å². The third-order valence-electron chi connectivity index (χ3n) is 3.71. The van der Waals surface area contributed by atoms with Crippen LogP contribution < -0.4 is 10.6 Å². The fraction of sp³-hybridized carbons (Fsp3) is 0.500. The maximum atomic E-state index is 11.8. The Balaban J connectivity index is 1.76.